The molecule has 2 aromatic carbocycles. The lowest BCUT2D eigenvalue weighted by Gasteiger charge is -2.12. The number of sulfonamides is 1. The summed E-state index contributed by atoms with van der Waals surface area (Å²) in [5, 5.41) is 2.37. The maximum atomic E-state index is 12.9. The zero-order chi connectivity index (χ0) is 20.2. The van der Waals surface area contributed by atoms with E-state index < -0.39 is 27.7 Å². The van der Waals surface area contributed by atoms with Gasteiger partial charge in [-0.05, 0) is 55.4 Å². The summed E-state index contributed by atoms with van der Waals surface area (Å²) in [5.74, 6) is -0.612. The van der Waals surface area contributed by atoms with Gasteiger partial charge in [0.15, 0.2) is 0 Å². The number of nitrogens with one attached hydrogen (secondary N) is 2. The highest BCUT2D eigenvalue weighted by Gasteiger charge is 2.32. The Labute approximate surface area is 155 Å². The minimum Gasteiger partial charge on any atom is -0.322 e. The van der Waals surface area contributed by atoms with Crippen LogP contribution in [0.25, 0.3) is 6.08 Å². The molecule has 2 aromatic rings. The highest BCUT2D eigenvalue weighted by atomic mass is 32.2. The van der Waals surface area contributed by atoms with Gasteiger partial charge in [0.05, 0.1) is 10.5 Å². The quantitative estimate of drug-likeness (QED) is 0.756. The van der Waals surface area contributed by atoms with E-state index in [-0.39, 0.29) is 16.1 Å². The molecule has 9 heteroatoms. The summed E-state index contributed by atoms with van der Waals surface area (Å²) in [7, 11) is -2.26. The van der Waals surface area contributed by atoms with Gasteiger partial charge in [-0.1, -0.05) is 18.2 Å². The number of hydrogen-bond donors (Lipinski definition) is 2. The molecule has 0 heterocycles. The molecule has 0 radical (unpaired) electrons. The summed E-state index contributed by atoms with van der Waals surface area (Å²) in [6, 6.07) is 9.29. The number of halogens is 3. The molecule has 27 heavy (non-hydrogen) atoms. The second-order valence-corrected chi connectivity index (χ2v) is 7.51. The summed E-state index contributed by atoms with van der Waals surface area (Å²) in [5.41, 5.74) is -0.170. The Balaban J connectivity index is 2.10. The Morgan fingerprint density at radius 2 is 1.70 bits per heavy atom. The van der Waals surface area contributed by atoms with Crippen molar-refractivity contribution in [1.29, 1.82) is 0 Å². The Kier molecular flexibility index (Phi) is 6.07. The maximum absolute atomic E-state index is 12.9. The van der Waals surface area contributed by atoms with Crippen LogP contribution >= 0.6 is 0 Å². The van der Waals surface area contributed by atoms with Gasteiger partial charge in [0.25, 0.3) is 0 Å². The normalized spacial score (nSPS) is 12.3. The van der Waals surface area contributed by atoms with Crippen LogP contribution in [0.5, 0.6) is 0 Å². The topological polar surface area (TPSA) is 75.3 Å². The van der Waals surface area contributed by atoms with Crippen molar-refractivity contribution in [3.8, 4) is 0 Å². The first-order chi connectivity index (χ1) is 12.5. The monoisotopic (exact) mass is 398 g/mol. The number of carbonyl (C=O) groups is 1. The van der Waals surface area contributed by atoms with E-state index in [9.17, 15) is 26.4 Å². The second kappa shape index (κ2) is 7.93. The van der Waals surface area contributed by atoms with E-state index in [0.717, 1.165) is 12.1 Å². The lowest BCUT2D eigenvalue weighted by molar-refractivity contribution is -0.138. The molecule has 0 aliphatic rings. The Morgan fingerprint density at radius 3 is 2.26 bits per heavy atom. The van der Waals surface area contributed by atoms with Gasteiger partial charge in [-0.25, -0.2) is 13.1 Å². The van der Waals surface area contributed by atoms with E-state index >= 15 is 0 Å². The molecule has 1 amide bonds. The van der Waals surface area contributed by atoms with E-state index in [1.54, 1.807) is 0 Å². The standard InChI is InChI=1S/C18H17F3N2O3S/c1-12-3-7-14(11-16(12)18(19,20)21)23-17(24)10-6-13-4-8-15(9-5-13)27(25,26)22-2/h3-11,22H,1-2H3,(H,23,24)/b10-6+. The predicted octanol–water partition coefficient (Wildman–Crippen LogP) is 3.57. The van der Waals surface area contributed by atoms with Gasteiger partial charge in [-0.2, -0.15) is 13.2 Å². The van der Waals surface area contributed by atoms with Crippen molar-refractivity contribution in [3.63, 3.8) is 0 Å². The van der Waals surface area contributed by atoms with E-state index in [1.165, 1.54) is 56.4 Å². The minimum absolute atomic E-state index is 0.0260. The molecule has 0 atom stereocenters. The van der Waals surface area contributed by atoms with Crippen molar-refractivity contribution in [2.45, 2.75) is 18.0 Å². The van der Waals surface area contributed by atoms with Crippen molar-refractivity contribution in [3.05, 3.63) is 65.2 Å². The summed E-state index contributed by atoms with van der Waals surface area (Å²) in [6.07, 6.45) is -1.94. The van der Waals surface area contributed by atoms with Gasteiger partial charge >= 0.3 is 6.18 Å². The fourth-order valence-corrected chi connectivity index (χ4v) is 2.97. The largest absolute Gasteiger partial charge is 0.416 e. The number of benzene rings is 2. The molecule has 144 valence electrons. The summed E-state index contributed by atoms with van der Waals surface area (Å²) < 4.78 is 64.2. The molecule has 0 spiro atoms. The smallest absolute Gasteiger partial charge is 0.322 e. The molecule has 0 saturated carbocycles. The molecule has 0 aliphatic heterocycles. The van der Waals surface area contributed by atoms with Crippen LogP contribution in [0.3, 0.4) is 0 Å². The first-order valence-corrected chi connectivity index (χ1v) is 9.22. The molecule has 0 unspecified atom stereocenters. The van der Waals surface area contributed by atoms with Crippen LogP contribution in [0.1, 0.15) is 16.7 Å². The third-order valence-electron chi connectivity index (χ3n) is 3.70. The molecule has 2 rings (SSSR count). The van der Waals surface area contributed by atoms with Crippen molar-refractivity contribution in [2.24, 2.45) is 0 Å². The van der Waals surface area contributed by atoms with Gasteiger partial charge in [0, 0.05) is 11.8 Å². The van der Waals surface area contributed by atoms with Crippen molar-refractivity contribution in [1.82, 2.24) is 4.72 Å². The van der Waals surface area contributed by atoms with E-state index in [0.29, 0.717) is 5.56 Å². The number of amides is 1. The zero-order valence-corrected chi connectivity index (χ0v) is 15.3. The molecule has 5 nitrogen and oxygen atoms in total. The van der Waals surface area contributed by atoms with Crippen LogP contribution in [0, 0.1) is 6.92 Å². The SMILES string of the molecule is CNS(=O)(=O)c1ccc(/C=C/C(=O)Nc2ccc(C)c(C(F)(F)F)c2)cc1. The summed E-state index contributed by atoms with van der Waals surface area (Å²) >= 11 is 0. The average Bonchev–Trinajstić information content (AvgIpc) is 2.61. The third kappa shape index (κ3) is 5.41. The van der Waals surface area contributed by atoms with Crippen LogP contribution in [0.4, 0.5) is 18.9 Å². The first-order valence-electron chi connectivity index (χ1n) is 7.73. The van der Waals surface area contributed by atoms with Gasteiger partial charge in [-0.3, -0.25) is 4.79 Å². The highest BCUT2D eigenvalue weighted by molar-refractivity contribution is 7.89. The fraction of sp³-hybridized carbons (Fsp3) is 0.167. The number of rotatable bonds is 5. The van der Waals surface area contributed by atoms with E-state index in [2.05, 4.69) is 10.0 Å². The van der Waals surface area contributed by atoms with Gasteiger partial charge < -0.3 is 5.32 Å². The lowest BCUT2D eigenvalue weighted by atomic mass is 10.1. The Hall–Kier alpha value is -2.65. The van der Waals surface area contributed by atoms with Gasteiger partial charge in [0.1, 0.15) is 0 Å². The van der Waals surface area contributed by atoms with Crippen LogP contribution in [-0.4, -0.2) is 21.4 Å². The molecule has 0 aromatic heterocycles. The molecule has 2 N–H and O–H groups in total. The number of hydrogen-bond acceptors (Lipinski definition) is 3. The van der Waals surface area contributed by atoms with Crippen molar-refractivity contribution < 1.29 is 26.4 Å². The fourth-order valence-electron chi connectivity index (χ4n) is 2.24. The second-order valence-electron chi connectivity index (χ2n) is 5.63. The maximum Gasteiger partial charge on any atom is 0.416 e. The van der Waals surface area contributed by atoms with Crippen molar-refractivity contribution in [2.75, 3.05) is 12.4 Å². The lowest BCUT2D eigenvalue weighted by Crippen LogP contribution is -2.18. The van der Waals surface area contributed by atoms with E-state index in [1.807, 2.05) is 0 Å². The van der Waals surface area contributed by atoms with Gasteiger partial charge in [-0.15, -0.1) is 0 Å². The van der Waals surface area contributed by atoms with Crippen LogP contribution in [0.2, 0.25) is 0 Å². The third-order valence-corrected chi connectivity index (χ3v) is 5.13. The number of anilines is 1. The van der Waals surface area contributed by atoms with Crippen molar-refractivity contribution >= 4 is 27.7 Å². The van der Waals surface area contributed by atoms with E-state index in [4.69, 9.17) is 0 Å². The molecule has 0 bridgehead atoms. The highest BCUT2D eigenvalue weighted by Crippen LogP contribution is 2.33. The van der Waals surface area contributed by atoms with Crippen LogP contribution in [0.15, 0.2) is 53.4 Å². The molecular formula is C18H17F3N2O3S. The Morgan fingerprint density at radius 1 is 1.07 bits per heavy atom. The molecule has 0 aliphatic carbocycles. The van der Waals surface area contributed by atoms with Gasteiger partial charge in [0.2, 0.25) is 15.9 Å². The minimum atomic E-state index is -4.50. The Bertz CT molecular complexity index is 966. The summed E-state index contributed by atoms with van der Waals surface area (Å²) in [6.45, 7) is 1.34. The summed E-state index contributed by atoms with van der Waals surface area (Å²) in [4.78, 5) is 12.0. The first kappa shape index (κ1) is 20.7. The van der Waals surface area contributed by atoms with Crippen LogP contribution in [-0.2, 0) is 21.0 Å². The molecule has 0 fully saturated rings. The number of alkyl halides is 3. The predicted molar refractivity (Wildman–Crippen MR) is 96.5 cm³/mol. The molecule has 0 saturated heterocycles. The van der Waals surface area contributed by atoms with Crippen LogP contribution < -0.4 is 10.0 Å². The average molecular weight is 398 g/mol. The number of carbonyl (C=O) groups excluding carboxylic acids is 1. The zero-order valence-electron chi connectivity index (χ0n) is 14.5. The number of aryl methyl sites for hydroxylation is 1. The molecular weight excluding hydrogens is 381 g/mol.